The Kier molecular flexibility index (Phi) is 8.77. The fourth-order valence-electron chi connectivity index (χ4n) is 0.333. The normalized spacial score (nSPS) is 8.38. The van der Waals surface area contributed by atoms with Crippen LogP contribution in [0.2, 0.25) is 0 Å². The van der Waals surface area contributed by atoms with Crippen molar-refractivity contribution >= 4 is 17.7 Å². The van der Waals surface area contributed by atoms with Crippen molar-refractivity contribution in [3.05, 3.63) is 0 Å². The van der Waals surface area contributed by atoms with Crippen molar-refractivity contribution in [1.82, 2.24) is 0 Å². The Morgan fingerprint density at radius 2 is 2.00 bits per heavy atom. The van der Waals surface area contributed by atoms with Crippen LogP contribution in [-0.4, -0.2) is 5.12 Å². The molecule has 0 aromatic carbocycles. The second-order valence-electron chi connectivity index (χ2n) is 1.97. The summed E-state index contributed by atoms with van der Waals surface area (Å²) < 4.78 is 0. The molecule has 0 rings (SSSR count). The zero-order valence-electron chi connectivity index (χ0n) is 5.60. The predicted molar refractivity (Wildman–Crippen MR) is 31.8 cm³/mol. The molecular weight excluding hydrogens is 131 g/mol. The first kappa shape index (κ1) is 11.7. The standard InChI is InChI=1S/C5H10OS.Na/c1-4(2)3-5(6)7;/h4H,3H2,1-2H3,(H,6,7);/q;+1/p-1. The van der Waals surface area contributed by atoms with Crippen molar-refractivity contribution in [3.63, 3.8) is 0 Å². The Balaban J connectivity index is 0. The van der Waals surface area contributed by atoms with Crippen LogP contribution in [0, 0.1) is 5.92 Å². The molecule has 1 nitrogen and oxygen atoms in total. The van der Waals surface area contributed by atoms with Crippen LogP contribution in [-0.2, 0) is 17.4 Å². The van der Waals surface area contributed by atoms with Crippen LogP contribution in [0.3, 0.4) is 0 Å². The SMILES string of the molecule is CC(C)CC(=O)[S-].[Na+]. The molecular formula is C5H9NaOS. The first-order valence-electron chi connectivity index (χ1n) is 2.32. The van der Waals surface area contributed by atoms with Crippen LogP contribution in [0.5, 0.6) is 0 Å². The van der Waals surface area contributed by atoms with E-state index in [9.17, 15) is 4.79 Å². The van der Waals surface area contributed by atoms with Crippen molar-refractivity contribution in [2.45, 2.75) is 20.3 Å². The Labute approximate surface area is 77.9 Å². The van der Waals surface area contributed by atoms with E-state index in [0.717, 1.165) is 0 Å². The van der Waals surface area contributed by atoms with Gasteiger partial charge in [0, 0.05) is 5.12 Å². The quantitative estimate of drug-likeness (QED) is 0.329. The average Bonchev–Trinajstić information content (AvgIpc) is 1.27. The molecule has 0 saturated heterocycles. The van der Waals surface area contributed by atoms with Gasteiger partial charge in [0.15, 0.2) is 0 Å². The Morgan fingerprint density at radius 1 is 1.62 bits per heavy atom. The molecule has 0 spiro atoms. The van der Waals surface area contributed by atoms with Gasteiger partial charge in [0.05, 0.1) is 0 Å². The summed E-state index contributed by atoms with van der Waals surface area (Å²) in [6.45, 7) is 3.95. The van der Waals surface area contributed by atoms with Gasteiger partial charge >= 0.3 is 29.6 Å². The van der Waals surface area contributed by atoms with E-state index >= 15 is 0 Å². The molecule has 0 radical (unpaired) electrons. The summed E-state index contributed by atoms with van der Waals surface area (Å²) in [6.07, 6.45) is 0.537. The molecule has 0 aliphatic rings. The third kappa shape index (κ3) is 10.00. The number of carbonyl (C=O) groups is 1. The molecule has 42 valence electrons. The van der Waals surface area contributed by atoms with Gasteiger partial charge in [-0.3, -0.25) is 0 Å². The first-order valence-corrected chi connectivity index (χ1v) is 2.73. The van der Waals surface area contributed by atoms with Crippen molar-refractivity contribution in [3.8, 4) is 0 Å². The molecule has 0 saturated carbocycles. The topological polar surface area (TPSA) is 17.1 Å². The van der Waals surface area contributed by atoms with Crippen LogP contribution in [0.15, 0.2) is 0 Å². The van der Waals surface area contributed by atoms with Crippen LogP contribution in [0.25, 0.3) is 0 Å². The third-order valence-corrected chi connectivity index (χ3v) is 0.742. The van der Waals surface area contributed by atoms with E-state index in [4.69, 9.17) is 0 Å². The molecule has 0 aromatic rings. The number of hydrogen-bond donors (Lipinski definition) is 0. The monoisotopic (exact) mass is 140 g/mol. The first-order chi connectivity index (χ1) is 3.13. The van der Waals surface area contributed by atoms with E-state index in [-0.39, 0.29) is 34.7 Å². The van der Waals surface area contributed by atoms with E-state index in [1.807, 2.05) is 13.8 Å². The molecule has 0 unspecified atom stereocenters. The molecule has 8 heavy (non-hydrogen) atoms. The molecule has 0 fully saturated rings. The second kappa shape index (κ2) is 6.02. The minimum atomic E-state index is -0.130. The van der Waals surface area contributed by atoms with E-state index in [1.165, 1.54) is 0 Å². The zero-order valence-corrected chi connectivity index (χ0v) is 8.42. The van der Waals surface area contributed by atoms with Gasteiger partial charge in [0.2, 0.25) is 0 Å². The van der Waals surface area contributed by atoms with Crippen molar-refractivity contribution < 1.29 is 34.4 Å². The van der Waals surface area contributed by atoms with E-state index in [0.29, 0.717) is 12.3 Å². The summed E-state index contributed by atoms with van der Waals surface area (Å²) in [6, 6.07) is 0. The Hall–Kier alpha value is 0.890. The van der Waals surface area contributed by atoms with Crippen molar-refractivity contribution in [2.75, 3.05) is 0 Å². The summed E-state index contributed by atoms with van der Waals surface area (Å²) >= 11 is 4.32. The smallest absolute Gasteiger partial charge is 0.742 e. The number of hydrogen-bond acceptors (Lipinski definition) is 2. The maximum atomic E-state index is 10.1. The third-order valence-electron chi connectivity index (χ3n) is 0.575. The molecule has 0 amide bonds. The predicted octanol–water partition coefficient (Wildman–Crippen LogP) is -1.89. The van der Waals surface area contributed by atoms with Gasteiger partial charge in [0.1, 0.15) is 0 Å². The summed E-state index contributed by atoms with van der Waals surface area (Å²) in [5.41, 5.74) is 0. The molecule has 0 aromatic heterocycles. The van der Waals surface area contributed by atoms with Crippen LogP contribution >= 0.6 is 0 Å². The van der Waals surface area contributed by atoms with Gasteiger partial charge in [0.25, 0.3) is 0 Å². The van der Waals surface area contributed by atoms with E-state index in [1.54, 1.807) is 0 Å². The number of rotatable bonds is 2. The molecule has 0 heterocycles. The van der Waals surface area contributed by atoms with E-state index < -0.39 is 0 Å². The second-order valence-corrected chi connectivity index (χ2v) is 2.43. The minimum absolute atomic E-state index is 0. The van der Waals surface area contributed by atoms with Crippen LogP contribution in [0.4, 0.5) is 0 Å². The fourth-order valence-corrected chi connectivity index (χ4v) is 0.667. The van der Waals surface area contributed by atoms with Crippen molar-refractivity contribution in [2.24, 2.45) is 5.92 Å². The maximum Gasteiger partial charge on any atom is 1.00 e. The van der Waals surface area contributed by atoms with Gasteiger partial charge in [-0.25, -0.2) is 0 Å². The summed E-state index contributed by atoms with van der Waals surface area (Å²) in [5.74, 6) is 0.421. The number of carbonyl (C=O) groups excluding carboxylic acids is 1. The van der Waals surface area contributed by atoms with Gasteiger partial charge in [-0.05, 0) is 12.3 Å². The van der Waals surface area contributed by atoms with Gasteiger partial charge in [-0.1, -0.05) is 13.8 Å². The Morgan fingerprint density at radius 3 is 2.00 bits per heavy atom. The average molecular weight is 140 g/mol. The largest absolute Gasteiger partial charge is 1.00 e. The fraction of sp³-hybridized carbons (Fsp3) is 0.800. The van der Waals surface area contributed by atoms with Crippen molar-refractivity contribution in [1.29, 1.82) is 0 Å². The van der Waals surface area contributed by atoms with E-state index in [2.05, 4.69) is 12.6 Å². The molecule has 0 bridgehead atoms. The molecule has 3 heteroatoms. The molecule has 0 aliphatic heterocycles. The zero-order chi connectivity index (χ0) is 5.86. The van der Waals surface area contributed by atoms with Crippen LogP contribution in [0.1, 0.15) is 20.3 Å². The maximum absolute atomic E-state index is 10.1. The summed E-state index contributed by atoms with van der Waals surface area (Å²) in [4.78, 5) is 10.1. The molecule has 0 aliphatic carbocycles. The van der Waals surface area contributed by atoms with Gasteiger partial charge in [-0.15, -0.1) is 0 Å². The summed E-state index contributed by atoms with van der Waals surface area (Å²) in [5, 5.41) is -0.130. The summed E-state index contributed by atoms with van der Waals surface area (Å²) in [7, 11) is 0. The van der Waals surface area contributed by atoms with Crippen LogP contribution < -0.4 is 29.6 Å². The minimum Gasteiger partial charge on any atom is -0.742 e. The molecule has 0 N–H and O–H groups in total. The van der Waals surface area contributed by atoms with Gasteiger partial charge in [-0.2, -0.15) is 0 Å². The Bertz CT molecular complexity index is 72.8. The van der Waals surface area contributed by atoms with Gasteiger partial charge < -0.3 is 17.4 Å². The molecule has 0 atom stereocenters.